The van der Waals surface area contributed by atoms with Gasteiger partial charge in [-0.2, -0.15) is 0 Å². The molecule has 120 valence electrons. The van der Waals surface area contributed by atoms with Crippen LogP contribution in [0.4, 0.5) is 10.6 Å². The molecular formula is C16H19N5O2. The number of carboxylic acid groups (broad SMARTS) is 1. The van der Waals surface area contributed by atoms with Gasteiger partial charge in [0.05, 0.1) is 5.69 Å². The number of anilines is 1. The molecule has 0 radical (unpaired) electrons. The van der Waals surface area contributed by atoms with Crippen LogP contribution >= 0.6 is 0 Å². The molecule has 3 heterocycles. The van der Waals surface area contributed by atoms with Crippen molar-refractivity contribution in [3.63, 3.8) is 0 Å². The van der Waals surface area contributed by atoms with E-state index in [4.69, 9.17) is 10.1 Å². The third-order valence-corrected chi connectivity index (χ3v) is 4.07. The number of aromatic nitrogens is 3. The number of nitrogens with zero attached hydrogens (tertiary/aromatic N) is 4. The van der Waals surface area contributed by atoms with E-state index in [0.29, 0.717) is 12.5 Å². The topological polar surface area (TPSA) is 91.2 Å². The Morgan fingerprint density at radius 3 is 2.70 bits per heavy atom. The molecule has 1 amide bonds. The molecule has 23 heavy (non-hydrogen) atoms. The lowest BCUT2D eigenvalue weighted by Crippen LogP contribution is -2.38. The quantitative estimate of drug-likeness (QED) is 0.897. The first kappa shape index (κ1) is 15.2. The minimum absolute atomic E-state index is 0.396. The molecule has 1 fully saturated rings. The van der Waals surface area contributed by atoms with E-state index in [0.717, 1.165) is 43.0 Å². The average Bonchev–Trinajstić information content (AvgIpc) is 2.61. The van der Waals surface area contributed by atoms with Gasteiger partial charge in [-0.25, -0.2) is 19.7 Å². The third kappa shape index (κ3) is 3.94. The SMILES string of the molecule is O=C(O)NCC1CCN(c2cccc(-c3cncnc3)n2)CC1. The summed E-state index contributed by atoms with van der Waals surface area (Å²) in [5.41, 5.74) is 1.76. The standard InChI is InChI=1S/C16H19N5O2/c22-16(23)19-8-12-4-6-21(7-5-12)15-3-1-2-14(20-15)13-9-17-11-18-10-13/h1-3,9-12,19H,4-8H2,(H,22,23). The van der Waals surface area contributed by atoms with E-state index >= 15 is 0 Å². The Labute approximate surface area is 134 Å². The second kappa shape index (κ2) is 7.04. The van der Waals surface area contributed by atoms with Crippen LogP contribution < -0.4 is 10.2 Å². The summed E-state index contributed by atoms with van der Waals surface area (Å²) in [7, 11) is 0. The Morgan fingerprint density at radius 2 is 2.00 bits per heavy atom. The lowest BCUT2D eigenvalue weighted by molar-refractivity contribution is 0.191. The van der Waals surface area contributed by atoms with Gasteiger partial charge >= 0.3 is 6.09 Å². The minimum Gasteiger partial charge on any atom is -0.465 e. The number of hydrogen-bond acceptors (Lipinski definition) is 5. The number of rotatable bonds is 4. The van der Waals surface area contributed by atoms with Gasteiger partial charge in [-0.1, -0.05) is 6.07 Å². The maximum absolute atomic E-state index is 10.6. The van der Waals surface area contributed by atoms with Crippen molar-refractivity contribution < 1.29 is 9.90 Å². The lowest BCUT2D eigenvalue weighted by atomic mass is 9.97. The van der Waals surface area contributed by atoms with Crippen LogP contribution in [-0.4, -0.2) is 45.8 Å². The molecule has 0 bridgehead atoms. The zero-order valence-corrected chi connectivity index (χ0v) is 12.7. The maximum atomic E-state index is 10.6. The Hall–Kier alpha value is -2.70. The summed E-state index contributed by atoms with van der Waals surface area (Å²) in [6.07, 6.45) is 5.98. The number of pyridine rings is 1. The molecule has 0 saturated carbocycles. The van der Waals surface area contributed by atoms with Crippen LogP contribution in [0.3, 0.4) is 0 Å². The van der Waals surface area contributed by atoms with E-state index in [-0.39, 0.29) is 0 Å². The van der Waals surface area contributed by atoms with Crippen molar-refractivity contribution in [3.8, 4) is 11.3 Å². The molecule has 2 aromatic rings. The first-order chi connectivity index (χ1) is 11.2. The second-order valence-corrected chi connectivity index (χ2v) is 5.62. The minimum atomic E-state index is -0.952. The highest BCUT2D eigenvalue weighted by atomic mass is 16.4. The van der Waals surface area contributed by atoms with Crippen molar-refractivity contribution >= 4 is 11.9 Å². The van der Waals surface area contributed by atoms with E-state index in [2.05, 4.69) is 20.2 Å². The number of carbonyl (C=O) groups is 1. The van der Waals surface area contributed by atoms with Gasteiger partial charge in [0.1, 0.15) is 12.1 Å². The molecule has 0 atom stereocenters. The van der Waals surface area contributed by atoms with Crippen molar-refractivity contribution in [2.24, 2.45) is 5.92 Å². The van der Waals surface area contributed by atoms with Gasteiger partial charge in [0.15, 0.2) is 0 Å². The molecular weight excluding hydrogens is 294 g/mol. The second-order valence-electron chi connectivity index (χ2n) is 5.62. The van der Waals surface area contributed by atoms with Crippen LogP contribution in [0.5, 0.6) is 0 Å². The van der Waals surface area contributed by atoms with Crippen molar-refractivity contribution in [1.29, 1.82) is 0 Å². The van der Waals surface area contributed by atoms with E-state index in [1.54, 1.807) is 12.4 Å². The van der Waals surface area contributed by atoms with E-state index in [9.17, 15) is 4.79 Å². The van der Waals surface area contributed by atoms with Crippen molar-refractivity contribution in [2.45, 2.75) is 12.8 Å². The Bertz CT molecular complexity index is 657. The molecule has 3 rings (SSSR count). The van der Waals surface area contributed by atoms with E-state index in [1.165, 1.54) is 6.33 Å². The number of nitrogens with one attached hydrogen (secondary N) is 1. The zero-order chi connectivity index (χ0) is 16.1. The third-order valence-electron chi connectivity index (χ3n) is 4.07. The molecule has 1 saturated heterocycles. The van der Waals surface area contributed by atoms with Crippen LogP contribution in [0.25, 0.3) is 11.3 Å². The molecule has 0 unspecified atom stereocenters. The predicted molar refractivity (Wildman–Crippen MR) is 86.2 cm³/mol. The summed E-state index contributed by atoms with van der Waals surface area (Å²) in [6.45, 7) is 2.29. The Balaban J connectivity index is 1.64. The van der Waals surface area contributed by atoms with Gasteiger partial charge < -0.3 is 15.3 Å². The molecule has 7 heteroatoms. The van der Waals surface area contributed by atoms with Gasteiger partial charge in [0.25, 0.3) is 0 Å². The first-order valence-corrected chi connectivity index (χ1v) is 7.66. The smallest absolute Gasteiger partial charge is 0.404 e. The zero-order valence-electron chi connectivity index (χ0n) is 12.7. The van der Waals surface area contributed by atoms with Crippen molar-refractivity contribution in [1.82, 2.24) is 20.3 Å². The molecule has 1 aliphatic heterocycles. The molecule has 1 aliphatic rings. The highest BCUT2D eigenvalue weighted by molar-refractivity contribution is 5.64. The molecule has 2 aromatic heterocycles. The molecule has 2 N–H and O–H groups in total. The normalized spacial score (nSPS) is 15.4. The molecule has 0 aliphatic carbocycles. The highest BCUT2D eigenvalue weighted by Gasteiger charge is 2.20. The van der Waals surface area contributed by atoms with Crippen LogP contribution in [-0.2, 0) is 0 Å². The molecule has 0 spiro atoms. The number of amides is 1. The highest BCUT2D eigenvalue weighted by Crippen LogP contribution is 2.24. The van der Waals surface area contributed by atoms with Gasteiger partial charge in [-0.3, -0.25) is 0 Å². The first-order valence-electron chi connectivity index (χ1n) is 7.66. The number of hydrogen-bond donors (Lipinski definition) is 2. The van der Waals surface area contributed by atoms with Crippen LogP contribution in [0, 0.1) is 5.92 Å². The lowest BCUT2D eigenvalue weighted by Gasteiger charge is -2.32. The van der Waals surface area contributed by atoms with Gasteiger partial charge in [-0.05, 0) is 30.9 Å². The summed E-state index contributed by atoms with van der Waals surface area (Å²) < 4.78 is 0. The summed E-state index contributed by atoms with van der Waals surface area (Å²) in [6, 6.07) is 5.94. The van der Waals surface area contributed by atoms with Crippen LogP contribution in [0.2, 0.25) is 0 Å². The fraction of sp³-hybridized carbons (Fsp3) is 0.375. The fourth-order valence-corrected chi connectivity index (χ4v) is 2.79. The predicted octanol–water partition coefficient (Wildman–Crippen LogP) is 2.02. The number of piperidine rings is 1. The fourth-order valence-electron chi connectivity index (χ4n) is 2.79. The van der Waals surface area contributed by atoms with Crippen LogP contribution in [0.15, 0.2) is 36.9 Å². The summed E-state index contributed by atoms with van der Waals surface area (Å²) in [5, 5.41) is 11.1. The van der Waals surface area contributed by atoms with E-state index < -0.39 is 6.09 Å². The van der Waals surface area contributed by atoms with Crippen molar-refractivity contribution in [2.75, 3.05) is 24.5 Å². The van der Waals surface area contributed by atoms with Gasteiger partial charge in [0, 0.05) is 37.6 Å². The maximum Gasteiger partial charge on any atom is 0.404 e. The summed E-state index contributed by atoms with van der Waals surface area (Å²) in [5.74, 6) is 1.34. The summed E-state index contributed by atoms with van der Waals surface area (Å²) in [4.78, 5) is 25.6. The van der Waals surface area contributed by atoms with Gasteiger partial charge in [-0.15, -0.1) is 0 Å². The van der Waals surface area contributed by atoms with Crippen LogP contribution in [0.1, 0.15) is 12.8 Å². The molecule has 0 aromatic carbocycles. The Morgan fingerprint density at radius 1 is 1.26 bits per heavy atom. The Kier molecular flexibility index (Phi) is 4.65. The average molecular weight is 313 g/mol. The molecule has 7 nitrogen and oxygen atoms in total. The largest absolute Gasteiger partial charge is 0.465 e. The van der Waals surface area contributed by atoms with Gasteiger partial charge in [0.2, 0.25) is 0 Å². The van der Waals surface area contributed by atoms with E-state index in [1.807, 2.05) is 18.2 Å². The monoisotopic (exact) mass is 313 g/mol. The van der Waals surface area contributed by atoms with Crippen molar-refractivity contribution in [3.05, 3.63) is 36.9 Å². The summed E-state index contributed by atoms with van der Waals surface area (Å²) >= 11 is 0.